The van der Waals surface area contributed by atoms with Crippen LogP contribution < -0.4 is 9.47 Å². The summed E-state index contributed by atoms with van der Waals surface area (Å²) in [7, 11) is -3.99. The molecule has 0 amide bonds. The number of carboxylic acid groups (broad SMARTS) is 1. The fourth-order valence-electron chi connectivity index (χ4n) is 3.74. The second-order valence-corrected chi connectivity index (χ2v) is 9.53. The average Bonchev–Trinajstić information content (AvgIpc) is 3.37. The van der Waals surface area contributed by atoms with E-state index in [9.17, 15) is 13.2 Å². The number of rotatable bonds is 5. The molecule has 162 valence electrons. The lowest BCUT2D eigenvalue weighted by molar-refractivity contribution is 0.0697. The highest BCUT2D eigenvalue weighted by molar-refractivity contribution is 7.90. The Hall–Kier alpha value is -3.49. The number of hydrogen-bond donors (Lipinski definition) is 1. The third kappa shape index (κ3) is 3.47. The first kappa shape index (κ1) is 20.4. The van der Waals surface area contributed by atoms with Gasteiger partial charge in [-0.25, -0.2) is 17.2 Å². The number of hydrogen-bond acceptors (Lipinski definition) is 5. The van der Waals surface area contributed by atoms with Gasteiger partial charge in [0.25, 0.3) is 10.0 Å². The molecule has 0 radical (unpaired) electrons. The van der Waals surface area contributed by atoms with Crippen molar-refractivity contribution in [3.05, 3.63) is 88.6 Å². The molecule has 0 atom stereocenters. The lowest BCUT2D eigenvalue weighted by atomic mass is 10.1. The van der Waals surface area contributed by atoms with Crippen molar-refractivity contribution in [1.82, 2.24) is 3.97 Å². The maximum absolute atomic E-state index is 13.7. The van der Waals surface area contributed by atoms with Crippen molar-refractivity contribution >= 4 is 38.5 Å². The topological polar surface area (TPSA) is 94.8 Å². The van der Waals surface area contributed by atoms with Gasteiger partial charge < -0.3 is 14.6 Å². The monoisotopic (exact) mass is 469 g/mol. The summed E-state index contributed by atoms with van der Waals surface area (Å²) in [6.45, 7) is 0.0430. The molecule has 0 saturated carbocycles. The maximum atomic E-state index is 13.7. The standard InChI is InChI=1S/C23H16ClNO6S/c24-17-5-7-20-16(10-17)11-18(9-14-1-3-15(4-2-14)23(26)27)25(20)32(28,29)19-6-8-21-22(12-19)31-13-30-21/h1-8,10-12H,9,13H2,(H,26,27). The zero-order valence-electron chi connectivity index (χ0n) is 16.5. The molecule has 1 N–H and O–H groups in total. The van der Waals surface area contributed by atoms with Gasteiger partial charge in [0.05, 0.1) is 16.0 Å². The molecule has 0 unspecified atom stereocenters. The second-order valence-electron chi connectivity index (χ2n) is 7.30. The number of aromatic carboxylic acids is 1. The van der Waals surface area contributed by atoms with Crippen molar-refractivity contribution in [2.75, 3.05) is 6.79 Å². The Morgan fingerprint density at radius 2 is 1.72 bits per heavy atom. The number of carboxylic acids is 1. The van der Waals surface area contributed by atoms with Gasteiger partial charge in [0.1, 0.15) is 0 Å². The quantitative estimate of drug-likeness (QED) is 0.460. The molecule has 0 saturated heterocycles. The zero-order valence-corrected chi connectivity index (χ0v) is 18.1. The molecule has 0 spiro atoms. The summed E-state index contributed by atoms with van der Waals surface area (Å²) in [6, 6.07) is 17.6. The average molecular weight is 470 g/mol. The van der Waals surface area contributed by atoms with Gasteiger partial charge in [-0.2, -0.15) is 0 Å². The van der Waals surface area contributed by atoms with Crippen LogP contribution in [0.15, 0.2) is 71.6 Å². The molecule has 2 heterocycles. The number of ether oxygens (including phenoxy) is 2. The van der Waals surface area contributed by atoms with Gasteiger partial charge in [0, 0.05) is 28.6 Å². The third-order valence-electron chi connectivity index (χ3n) is 5.26. The van der Waals surface area contributed by atoms with Gasteiger partial charge in [0.2, 0.25) is 6.79 Å². The lowest BCUT2D eigenvalue weighted by Gasteiger charge is -2.13. The molecule has 3 aromatic carbocycles. The molecule has 0 aliphatic carbocycles. The summed E-state index contributed by atoms with van der Waals surface area (Å²) in [6.07, 6.45) is 0.274. The minimum atomic E-state index is -3.99. The van der Waals surface area contributed by atoms with Crippen molar-refractivity contribution < 1.29 is 27.8 Å². The fraction of sp³-hybridized carbons (Fsp3) is 0.0870. The Kier molecular flexibility index (Phi) is 4.83. The molecule has 32 heavy (non-hydrogen) atoms. The van der Waals surface area contributed by atoms with Gasteiger partial charge >= 0.3 is 5.97 Å². The summed E-state index contributed by atoms with van der Waals surface area (Å²) in [5.74, 6) is -0.158. The van der Waals surface area contributed by atoms with Gasteiger partial charge in [-0.3, -0.25) is 0 Å². The number of benzene rings is 3. The highest BCUT2D eigenvalue weighted by Crippen LogP contribution is 2.36. The first-order valence-corrected chi connectivity index (χ1v) is 11.4. The Labute approximate surface area is 188 Å². The molecule has 0 bridgehead atoms. The van der Waals surface area contributed by atoms with Crippen LogP contribution in [-0.4, -0.2) is 30.3 Å². The minimum absolute atomic E-state index is 0.0430. The Balaban J connectivity index is 1.65. The van der Waals surface area contributed by atoms with Crippen LogP contribution in [0.3, 0.4) is 0 Å². The van der Waals surface area contributed by atoms with Crippen LogP contribution in [0.25, 0.3) is 10.9 Å². The van der Waals surface area contributed by atoms with E-state index in [0.29, 0.717) is 33.1 Å². The Morgan fingerprint density at radius 3 is 2.47 bits per heavy atom. The second kappa shape index (κ2) is 7.58. The van der Waals surface area contributed by atoms with Crippen molar-refractivity contribution in [3.8, 4) is 11.5 Å². The molecule has 7 nitrogen and oxygen atoms in total. The molecular weight excluding hydrogens is 454 g/mol. The van der Waals surface area contributed by atoms with Crippen LogP contribution in [0.2, 0.25) is 5.02 Å². The van der Waals surface area contributed by atoms with Crippen molar-refractivity contribution in [2.24, 2.45) is 0 Å². The number of fused-ring (bicyclic) bond motifs is 2. The molecule has 0 fully saturated rings. The smallest absolute Gasteiger partial charge is 0.335 e. The highest BCUT2D eigenvalue weighted by Gasteiger charge is 2.26. The maximum Gasteiger partial charge on any atom is 0.335 e. The van der Waals surface area contributed by atoms with Crippen LogP contribution in [0.5, 0.6) is 11.5 Å². The summed E-state index contributed by atoms with van der Waals surface area (Å²) >= 11 is 6.14. The molecule has 9 heteroatoms. The van der Waals surface area contributed by atoms with E-state index in [-0.39, 0.29) is 23.7 Å². The summed E-state index contributed by atoms with van der Waals surface area (Å²) in [4.78, 5) is 11.2. The predicted octanol–water partition coefficient (Wildman–Crippen LogP) is 4.55. The van der Waals surface area contributed by atoms with Crippen LogP contribution >= 0.6 is 11.6 Å². The van der Waals surface area contributed by atoms with E-state index in [1.807, 2.05) is 0 Å². The van der Waals surface area contributed by atoms with Crippen LogP contribution in [0.1, 0.15) is 21.6 Å². The van der Waals surface area contributed by atoms with Crippen molar-refractivity contribution in [2.45, 2.75) is 11.3 Å². The van der Waals surface area contributed by atoms with E-state index < -0.39 is 16.0 Å². The van der Waals surface area contributed by atoms with E-state index in [2.05, 4.69) is 0 Å². The first-order chi connectivity index (χ1) is 15.3. The molecule has 1 aromatic heterocycles. The first-order valence-electron chi connectivity index (χ1n) is 9.60. The highest BCUT2D eigenvalue weighted by atomic mass is 35.5. The largest absolute Gasteiger partial charge is 0.478 e. The van der Waals surface area contributed by atoms with Gasteiger partial charge in [-0.15, -0.1) is 0 Å². The lowest BCUT2D eigenvalue weighted by Crippen LogP contribution is -2.16. The zero-order chi connectivity index (χ0) is 22.5. The van der Waals surface area contributed by atoms with E-state index in [1.165, 1.54) is 28.2 Å². The Bertz CT molecular complexity index is 1470. The molecular formula is C23H16ClNO6S. The van der Waals surface area contributed by atoms with Gasteiger partial charge in [0.15, 0.2) is 11.5 Å². The predicted molar refractivity (Wildman–Crippen MR) is 118 cm³/mol. The fourth-order valence-corrected chi connectivity index (χ4v) is 5.48. The van der Waals surface area contributed by atoms with E-state index >= 15 is 0 Å². The molecule has 4 aromatic rings. The number of carbonyl (C=O) groups is 1. The third-order valence-corrected chi connectivity index (χ3v) is 7.26. The summed E-state index contributed by atoms with van der Waals surface area (Å²) in [5, 5.41) is 10.3. The van der Waals surface area contributed by atoms with E-state index in [0.717, 1.165) is 5.56 Å². The van der Waals surface area contributed by atoms with Crippen LogP contribution in [0, 0.1) is 0 Å². The normalized spacial score (nSPS) is 12.9. The van der Waals surface area contributed by atoms with Crippen molar-refractivity contribution in [1.29, 1.82) is 0 Å². The van der Waals surface area contributed by atoms with Gasteiger partial charge in [-0.1, -0.05) is 23.7 Å². The molecule has 5 rings (SSSR count). The SMILES string of the molecule is O=C(O)c1ccc(Cc2cc3cc(Cl)ccc3n2S(=O)(=O)c2ccc3c(c2)OCO3)cc1. The number of nitrogens with zero attached hydrogens (tertiary/aromatic N) is 1. The van der Waals surface area contributed by atoms with Gasteiger partial charge in [-0.05, 0) is 54.1 Å². The van der Waals surface area contributed by atoms with E-state index in [1.54, 1.807) is 42.5 Å². The molecule has 1 aliphatic rings. The molecule has 1 aliphatic heterocycles. The summed E-state index contributed by atoms with van der Waals surface area (Å²) < 4.78 is 39.3. The Morgan fingerprint density at radius 1 is 0.969 bits per heavy atom. The number of aromatic nitrogens is 1. The van der Waals surface area contributed by atoms with Crippen LogP contribution in [0.4, 0.5) is 0 Å². The van der Waals surface area contributed by atoms with Crippen LogP contribution in [-0.2, 0) is 16.4 Å². The van der Waals surface area contributed by atoms with E-state index in [4.69, 9.17) is 26.2 Å². The summed E-state index contributed by atoms with van der Waals surface area (Å²) in [5.41, 5.74) is 1.94. The van der Waals surface area contributed by atoms with Crippen molar-refractivity contribution in [3.63, 3.8) is 0 Å². The number of halogens is 1. The minimum Gasteiger partial charge on any atom is -0.478 e.